The Kier molecular flexibility index (Phi) is 3.80. The van der Waals surface area contributed by atoms with Gasteiger partial charge in [-0.3, -0.25) is 0 Å². The lowest BCUT2D eigenvalue weighted by molar-refractivity contribution is -0.136. The molecule has 0 radical (unpaired) electrons. The molecular weight excluding hydrogens is 307 g/mol. The van der Waals surface area contributed by atoms with Crippen LogP contribution in [0.2, 0.25) is 0 Å². The van der Waals surface area contributed by atoms with Crippen LogP contribution in [-0.4, -0.2) is 27.2 Å². The van der Waals surface area contributed by atoms with Gasteiger partial charge >= 0.3 is 5.97 Å². The van der Waals surface area contributed by atoms with Crippen LogP contribution in [0.1, 0.15) is 31.2 Å². The van der Waals surface area contributed by atoms with Crippen molar-refractivity contribution in [1.29, 1.82) is 0 Å². The van der Waals surface area contributed by atoms with Crippen molar-refractivity contribution in [3.63, 3.8) is 0 Å². The molecule has 3 rings (SSSR count). The summed E-state index contributed by atoms with van der Waals surface area (Å²) in [6.07, 6.45) is 5.01. The summed E-state index contributed by atoms with van der Waals surface area (Å²) in [6, 6.07) is 3.98. The highest BCUT2D eigenvalue weighted by molar-refractivity contribution is 7.90. The minimum atomic E-state index is -3.60. The molecular formula is C16H17FO4S. The maximum atomic E-state index is 14.1. The molecule has 0 N–H and O–H groups in total. The Labute approximate surface area is 128 Å². The number of halogens is 1. The van der Waals surface area contributed by atoms with Gasteiger partial charge in [-0.1, -0.05) is 18.9 Å². The molecule has 0 amide bonds. The molecule has 118 valence electrons. The molecule has 1 aromatic carbocycles. The zero-order valence-corrected chi connectivity index (χ0v) is 13.1. The summed E-state index contributed by atoms with van der Waals surface area (Å²) in [6.45, 7) is 0.127. The molecule has 1 aromatic rings. The second kappa shape index (κ2) is 5.50. The first-order valence-electron chi connectivity index (χ1n) is 7.28. The van der Waals surface area contributed by atoms with Crippen molar-refractivity contribution in [3.8, 4) is 0 Å². The van der Waals surface area contributed by atoms with Crippen LogP contribution in [0.5, 0.6) is 0 Å². The number of rotatable bonds is 3. The number of esters is 1. The molecule has 1 fully saturated rings. The van der Waals surface area contributed by atoms with Crippen LogP contribution in [-0.2, 0) is 19.4 Å². The lowest BCUT2D eigenvalue weighted by atomic mass is 9.91. The summed E-state index contributed by atoms with van der Waals surface area (Å²) < 4.78 is 42.2. The van der Waals surface area contributed by atoms with Gasteiger partial charge in [-0.2, -0.15) is 0 Å². The smallest absolute Gasteiger partial charge is 0.335 e. The molecule has 1 heterocycles. The topological polar surface area (TPSA) is 60.4 Å². The highest BCUT2D eigenvalue weighted by Crippen LogP contribution is 2.39. The lowest BCUT2D eigenvalue weighted by Gasteiger charge is -2.11. The highest BCUT2D eigenvalue weighted by Gasteiger charge is 2.33. The summed E-state index contributed by atoms with van der Waals surface area (Å²) in [5, 5.41) is 0. The van der Waals surface area contributed by atoms with Crippen molar-refractivity contribution >= 4 is 21.4 Å². The monoisotopic (exact) mass is 324 g/mol. The largest absolute Gasteiger partial charge is 0.457 e. The minimum absolute atomic E-state index is 0.127. The third-order valence-electron chi connectivity index (χ3n) is 4.34. The second-order valence-corrected chi connectivity index (χ2v) is 7.85. The second-order valence-electron chi connectivity index (χ2n) is 5.87. The number of carbonyl (C=O) groups excluding carboxylic acids is 1. The van der Waals surface area contributed by atoms with Crippen molar-refractivity contribution in [3.05, 3.63) is 35.2 Å². The first kappa shape index (κ1) is 15.2. The number of benzene rings is 1. The van der Waals surface area contributed by atoms with E-state index in [0.29, 0.717) is 16.7 Å². The number of cyclic esters (lactones) is 1. The molecule has 2 aliphatic rings. The first-order valence-corrected chi connectivity index (χ1v) is 9.17. The van der Waals surface area contributed by atoms with E-state index in [1.54, 1.807) is 6.07 Å². The van der Waals surface area contributed by atoms with Crippen molar-refractivity contribution < 1.29 is 22.3 Å². The molecule has 1 saturated carbocycles. The summed E-state index contributed by atoms with van der Waals surface area (Å²) in [4.78, 5) is 11.7. The normalized spacial score (nSPS) is 19.8. The van der Waals surface area contributed by atoms with Gasteiger partial charge in [0.15, 0.2) is 9.84 Å². The van der Waals surface area contributed by atoms with Gasteiger partial charge in [0.2, 0.25) is 0 Å². The molecule has 6 heteroatoms. The number of carbonyl (C=O) groups is 1. The molecule has 4 nitrogen and oxygen atoms in total. The average molecular weight is 324 g/mol. The van der Waals surface area contributed by atoms with E-state index < -0.39 is 15.7 Å². The van der Waals surface area contributed by atoms with Crippen LogP contribution in [0.3, 0.4) is 0 Å². The van der Waals surface area contributed by atoms with Crippen molar-refractivity contribution in [2.45, 2.75) is 30.6 Å². The third-order valence-corrected chi connectivity index (χ3v) is 5.47. The maximum absolute atomic E-state index is 14.1. The molecule has 1 aliphatic heterocycles. The minimum Gasteiger partial charge on any atom is -0.457 e. The van der Waals surface area contributed by atoms with Gasteiger partial charge in [0.1, 0.15) is 17.3 Å². The predicted molar refractivity (Wildman–Crippen MR) is 79.3 cm³/mol. The van der Waals surface area contributed by atoms with Crippen molar-refractivity contribution in [1.82, 2.24) is 0 Å². The van der Waals surface area contributed by atoms with E-state index in [1.165, 1.54) is 12.1 Å². The molecule has 0 bridgehead atoms. The molecule has 0 unspecified atom stereocenters. The number of sulfone groups is 1. The standard InChI is InChI=1S/C16H17FO4S/c1-22(19,20)14-7-6-11(8-13(14)17)12-9-21-16(18)15(12)10-4-2-3-5-10/h6-8,10H,2-5,9H2,1H3. The van der Waals surface area contributed by atoms with E-state index in [-0.39, 0.29) is 23.4 Å². The predicted octanol–water partition coefficient (Wildman–Crippen LogP) is 2.73. The lowest BCUT2D eigenvalue weighted by Crippen LogP contribution is -2.08. The fraction of sp³-hybridized carbons (Fsp3) is 0.438. The Balaban J connectivity index is 2.06. The summed E-state index contributed by atoms with van der Waals surface area (Å²) in [5.74, 6) is -0.949. The Morgan fingerprint density at radius 2 is 1.91 bits per heavy atom. The average Bonchev–Trinajstić information content (AvgIpc) is 3.05. The van der Waals surface area contributed by atoms with E-state index in [1.807, 2.05) is 0 Å². The Morgan fingerprint density at radius 1 is 1.23 bits per heavy atom. The van der Waals surface area contributed by atoms with Gasteiger partial charge in [-0.25, -0.2) is 17.6 Å². The number of ether oxygens (including phenoxy) is 1. The Bertz CT molecular complexity index is 758. The molecule has 22 heavy (non-hydrogen) atoms. The van der Waals surface area contributed by atoms with Crippen LogP contribution in [0.4, 0.5) is 4.39 Å². The van der Waals surface area contributed by atoms with Gasteiger partial charge < -0.3 is 4.74 Å². The van der Waals surface area contributed by atoms with E-state index in [0.717, 1.165) is 31.9 Å². The molecule has 0 aromatic heterocycles. The SMILES string of the molecule is CS(=O)(=O)c1ccc(C2=C(C3CCCC3)C(=O)OC2)cc1F. The van der Waals surface area contributed by atoms with Gasteiger partial charge in [0, 0.05) is 17.4 Å². The Morgan fingerprint density at radius 3 is 2.50 bits per heavy atom. The van der Waals surface area contributed by atoms with Crippen molar-refractivity contribution in [2.75, 3.05) is 12.9 Å². The first-order chi connectivity index (χ1) is 10.4. The fourth-order valence-corrected chi connectivity index (χ4v) is 4.00. The van der Waals surface area contributed by atoms with Crippen LogP contribution in [0.15, 0.2) is 28.7 Å². The third kappa shape index (κ3) is 2.67. The van der Waals surface area contributed by atoms with Crippen LogP contribution in [0, 0.1) is 11.7 Å². The maximum Gasteiger partial charge on any atom is 0.335 e. The number of hydrogen-bond donors (Lipinski definition) is 0. The molecule has 0 saturated heterocycles. The fourth-order valence-electron chi connectivity index (χ4n) is 3.27. The van der Waals surface area contributed by atoms with Gasteiger partial charge in [0.05, 0.1) is 0 Å². The van der Waals surface area contributed by atoms with E-state index in [9.17, 15) is 17.6 Å². The van der Waals surface area contributed by atoms with Gasteiger partial charge in [-0.15, -0.1) is 0 Å². The zero-order chi connectivity index (χ0) is 15.9. The molecule has 0 spiro atoms. The van der Waals surface area contributed by atoms with Crippen LogP contribution < -0.4 is 0 Å². The summed E-state index contributed by atoms with van der Waals surface area (Å²) >= 11 is 0. The highest BCUT2D eigenvalue weighted by atomic mass is 32.2. The zero-order valence-electron chi connectivity index (χ0n) is 12.3. The van der Waals surface area contributed by atoms with Gasteiger partial charge in [0.25, 0.3) is 0 Å². The molecule has 1 aliphatic carbocycles. The van der Waals surface area contributed by atoms with Crippen molar-refractivity contribution in [2.24, 2.45) is 5.92 Å². The quantitative estimate of drug-likeness (QED) is 0.802. The summed E-state index contributed by atoms with van der Waals surface area (Å²) in [7, 11) is -3.60. The Hall–Kier alpha value is -1.69. The molecule has 0 atom stereocenters. The van der Waals surface area contributed by atoms with E-state index in [4.69, 9.17) is 4.74 Å². The van der Waals surface area contributed by atoms with Gasteiger partial charge in [-0.05, 0) is 36.5 Å². The van der Waals surface area contributed by atoms with E-state index in [2.05, 4.69) is 0 Å². The van der Waals surface area contributed by atoms with Crippen LogP contribution in [0.25, 0.3) is 5.57 Å². The number of hydrogen-bond acceptors (Lipinski definition) is 4. The van der Waals surface area contributed by atoms with E-state index >= 15 is 0 Å². The summed E-state index contributed by atoms with van der Waals surface area (Å²) in [5.41, 5.74) is 1.86. The van der Waals surface area contributed by atoms with Crippen LogP contribution >= 0.6 is 0 Å².